The van der Waals surface area contributed by atoms with Gasteiger partial charge in [-0.3, -0.25) is 0 Å². The summed E-state index contributed by atoms with van der Waals surface area (Å²) in [5.41, 5.74) is 9.81. The number of hydrogen-bond acceptors (Lipinski definition) is 1. The molecule has 3 rings (SSSR count). The van der Waals surface area contributed by atoms with Gasteiger partial charge in [0.15, 0.2) is 0 Å². The van der Waals surface area contributed by atoms with Gasteiger partial charge in [-0.15, -0.1) is 0 Å². The van der Waals surface area contributed by atoms with Gasteiger partial charge < -0.3 is 5.73 Å². The summed E-state index contributed by atoms with van der Waals surface area (Å²) in [7, 11) is 0. The Balaban J connectivity index is 2.14. The average Bonchev–Trinajstić information content (AvgIpc) is 2.36. The second-order valence-corrected chi connectivity index (χ2v) is 4.71. The molecular formula is C16H17N. The largest absolute Gasteiger partial charge is 0.330 e. The lowest BCUT2D eigenvalue weighted by atomic mass is 9.93. The van der Waals surface area contributed by atoms with Gasteiger partial charge in [0.25, 0.3) is 0 Å². The fourth-order valence-electron chi connectivity index (χ4n) is 2.55. The average molecular weight is 223 g/mol. The van der Waals surface area contributed by atoms with Crippen LogP contribution in [0.4, 0.5) is 0 Å². The van der Waals surface area contributed by atoms with Crippen LogP contribution in [0.2, 0.25) is 0 Å². The third-order valence-corrected chi connectivity index (χ3v) is 3.47. The lowest BCUT2D eigenvalue weighted by Gasteiger charge is -2.12. The van der Waals surface area contributed by atoms with Crippen molar-refractivity contribution >= 4 is 16.8 Å². The van der Waals surface area contributed by atoms with Crippen LogP contribution in [0.25, 0.3) is 16.8 Å². The molecule has 0 unspecified atom stereocenters. The number of aryl methyl sites for hydroxylation is 1. The highest BCUT2D eigenvalue weighted by Gasteiger charge is 2.06. The SMILES string of the molecule is NCCc1ccc2cc3c(cc2c1)CCC=C3. The summed E-state index contributed by atoms with van der Waals surface area (Å²) in [5.74, 6) is 0. The Labute approximate surface area is 102 Å². The minimum Gasteiger partial charge on any atom is -0.330 e. The molecule has 1 heteroatoms. The van der Waals surface area contributed by atoms with Crippen molar-refractivity contribution in [3.8, 4) is 0 Å². The van der Waals surface area contributed by atoms with Crippen LogP contribution in [0, 0.1) is 0 Å². The van der Waals surface area contributed by atoms with E-state index >= 15 is 0 Å². The van der Waals surface area contributed by atoms with E-state index in [1.54, 1.807) is 0 Å². The van der Waals surface area contributed by atoms with Crippen molar-refractivity contribution < 1.29 is 0 Å². The van der Waals surface area contributed by atoms with Gasteiger partial charge in [-0.05, 0) is 59.3 Å². The third kappa shape index (κ3) is 1.98. The predicted octanol–water partition coefficient (Wildman–Crippen LogP) is 3.30. The van der Waals surface area contributed by atoms with Gasteiger partial charge in [-0.25, -0.2) is 0 Å². The van der Waals surface area contributed by atoms with Gasteiger partial charge in [0.1, 0.15) is 0 Å². The summed E-state index contributed by atoms with van der Waals surface area (Å²) in [6, 6.07) is 11.3. The van der Waals surface area contributed by atoms with Crippen molar-refractivity contribution in [3.05, 3.63) is 53.1 Å². The maximum Gasteiger partial charge on any atom is -0.00367 e. The van der Waals surface area contributed by atoms with Crippen molar-refractivity contribution in [1.29, 1.82) is 0 Å². The van der Waals surface area contributed by atoms with Gasteiger partial charge >= 0.3 is 0 Å². The summed E-state index contributed by atoms with van der Waals surface area (Å²) in [4.78, 5) is 0. The molecule has 1 nitrogen and oxygen atoms in total. The Morgan fingerprint density at radius 3 is 2.88 bits per heavy atom. The smallest absolute Gasteiger partial charge is 0.00367 e. The lowest BCUT2D eigenvalue weighted by molar-refractivity contribution is 0.970. The molecular weight excluding hydrogens is 206 g/mol. The Kier molecular flexibility index (Phi) is 2.69. The fraction of sp³-hybridized carbons (Fsp3) is 0.250. The third-order valence-electron chi connectivity index (χ3n) is 3.47. The molecule has 1 aliphatic carbocycles. The van der Waals surface area contributed by atoms with E-state index in [0.29, 0.717) is 0 Å². The quantitative estimate of drug-likeness (QED) is 0.830. The molecule has 0 amide bonds. The lowest BCUT2D eigenvalue weighted by Crippen LogP contribution is -2.02. The van der Waals surface area contributed by atoms with E-state index in [-0.39, 0.29) is 0 Å². The number of nitrogens with two attached hydrogens (primary N) is 1. The fourth-order valence-corrected chi connectivity index (χ4v) is 2.55. The zero-order valence-electron chi connectivity index (χ0n) is 9.95. The standard InChI is InChI=1S/C16H17N/c17-8-7-12-5-6-15-10-13-3-1-2-4-14(13)11-16(15)9-12/h1,3,5-6,9-11H,2,4,7-8,17H2. The molecule has 0 radical (unpaired) electrons. The molecule has 86 valence electrons. The zero-order valence-corrected chi connectivity index (χ0v) is 9.95. The highest BCUT2D eigenvalue weighted by molar-refractivity contribution is 5.87. The van der Waals surface area contributed by atoms with Crippen LogP contribution in [0.3, 0.4) is 0 Å². The monoisotopic (exact) mass is 223 g/mol. The van der Waals surface area contributed by atoms with Gasteiger partial charge in [0.2, 0.25) is 0 Å². The van der Waals surface area contributed by atoms with Crippen molar-refractivity contribution in [1.82, 2.24) is 0 Å². The molecule has 0 aromatic heterocycles. The first-order valence-corrected chi connectivity index (χ1v) is 6.29. The van der Waals surface area contributed by atoms with E-state index < -0.39 is 0 Å². The number of allylic oxidation sites excluding steroid dienone is 1. The maximum atomic E-state index is 5.61. The van der Waals surface area contributed by atoms with Gasteiger partial charge in [0.05, 0.1) is 0 Å². The molecule has 0 spiro atoms. The summed E-state index contributed by atoms with van der Waals surface area (Å²) in [5, 5.41) is 2.68. The minimum absolute atomic E-state index is 0.721. The Morgan fingerprint density at radius 1 is 1.06 bits per heavy atom. The number of hydrogen-bond donors (Lipinski definition) is 1. The molecule has 0 atom stereocenters. The van der Waals surface area contributed by atoms with Gasteiger partial charge in [0, 0.05) is 0 Å². The summed E-state index contributed by atoms with van der Waals surface area (Å²) < 4.78 is 0. The first-order valence-electron chi connectivity index (χ1n) is 6.29. The maximum absolute atomic E-state index is 5.61. The van der Waals surface area contributed by atoms with Crippen LogP contribution < -0.4 is 5.73 Å². The summed E-state index contributed by atoms with van der Waals surface area (Å²) in [6.45, 7) is 0.721. The van der Waals surface area contributed by atoms with Gasteiger partial charge in [-0.1, -0.05) is 36.4 Å². The molecule has 2 aromatic carbocycles. The molecule has 0 saturated heterocycles. The van der Waals surface area contributed by atoms with Crippen molar-refractivity contribution in [2.75, 3.05) is 6.54 Å². The highest BCUT2D eigenvalue weighted by atomic mass is 14.5. The molecule has 2 aromatic rings. The Bertz CT molecular complexity index is 581. The van der Waals surface area contributed by atoms with E-state index in [2.05, 4.69) is 42.5 Å². The van der Waals surface area contributed by atoms with Crippen molar-refractivity contribution in [3.63, 3.8) is 0 Å². The Hall–Kier alpha value is -1.60. The normalized spacial score (nSPS) is 13.9. The number of benzene rings is 2. The van der Waals surface area contributed by atoms with E-state index in [1.807, 2.05) is 0 Å². The molecule has 0 heterocycles. The van der Waals surface area contributed by atoms with Gasteiger partial charge in [-0.2, -0.15) is 0 Å². The van der Waals surface area contributed by atoms with Crippen LogP contribution >= 0.6 is 0 Å². The van der Waals surface area contributed by atoms with Crippen LogP contribution in [0.15, 0.2) is 36.4 Å². The van der Waals surface area contributed by atoms with E-state index in [9.17, 15) is 0 Å². The molecule has 17 heavy (non-hydrogen) atoms. The number of fused-ring (bicyclic) bond motifs is 2. The summed E-state index contributed by atoms with van der Waals surface area (Å²) >= 11 is 0. The van der Waals surface area contributed by atoms with E-state index in [4.69, 9.17) is 5.73 Å². The molecule has 2 N–H and O–H groups in total. The van der Waals surface area contributed by atoms with Crippen LogP contribution in [0.1, 0.15) is 23.1 Å². The minimum atomic E-state index is 0.721. The Morgan fingerprint density at radius 2 is 2.00 bits per heavy atom. The molecule has 0 bridgehead atoms. The van der Waals surface area contributed by atoms with E-state index in [0.717, 1.165) is 13.0 Å². The van der Waals surface area contributed by atoms with Crippen LogP contribution in [-0.4, -0.2) is 6.54 Å². The van der Waals surface area contributed by atoms with Crippen molar-refractivity contribution in [2.45, 2.75) is 19.3 Å². The van der Waals surface area contributed by atoms with E-state index in [1.165, 1.54) is 40.3 Å². The van der Waals surface area contributed by atoms with Crippen LogP contribution in [-0.2, 0) is 12.8 Å². The van der Waals surface area contributed by atoms with Crippen LogP contribution in [0.5, 0.6) is 0 Å². The molecule has 0 saturated carbocycles. The van der Waals surface area contributed by atoms with Crippen molar-refractivity contribution in [2.24, 2.45) is 5.73 Å². The molecule has 1 aliphatic rings. The predicted molar refractivity (Wildman–Crippen MR) is 74.1 cm³/mol. The second-order valence-electron chi connectivity index (χ2n) is 4.71. The second kappa shape index (κ2) is 4.34. The first kappa shape index (κ1) is 10.5. The highest BCUT2D eigenvalue weighted by Crippen LogP contribution is 2.26. The topological polar surface area (TPSA) is 26.0 Å². The molecule has 0 fully saturated rings. The summed E-state index contributed by atoms with van der Waals surface area (Å²) in [6.07, 6.45) is 7.81. The zero-order chi connectivity index (χ0) is 11.7. The first-order chi connectivity index (χ1) is 8.36. The molecule has 0 aliphatic heterocycles. The number of rotatable bonds is 2.